The van der Waals surface area contributed by atoms with Gasteiger partial charge >= 0.3 is 0 Å². The van der Waals surface area contributed by atoms with Crippen LogP contribution in [-0.2, 0) is 6.42 Å². The molecular weight excluding hydrogens is 322 g/mol. The van der Waals surface area contributed by atoms with Crippen molar-refractivity contribution in [2.45, 2.75) is 19.4 Å². The maximum absolute atomic E-state index is 5.28. The second kappa shape index (κ2) is 7.08. The second-order valence-corrected chi connectivity index (χ2v) is 6.64. The van der Waals surface area contributed by atoms with Crippen LogP contribution in [-0.4, -0.2) is 13.7 Å². The highest BCUT2D eigenvalue weighted by molar-refractivity contribution is 9.11. The number of likely N-dealkylation sites (N-methyl/N-ethyl adjacent to an activating group) is 1. The first kappa shape index (κ1) is 14.6. The van der Waals surface area contributed by atoms with Gasteiger partial charge in [-0.15, -0.1) is 11.3 Å². The Morgan fingerprint density at radius 1 is 1.37 bits per heavy atom. The van der Waals surface area contributed by atoms with Crippen LogP contribution in [0.2, 0.25) is 0 Å². The van der Waals surface area contributed by atoms with E-state index in [0.717, 1.165) is 18.7 Å². The number of hydrogen-bond donors (Lipinski definition) is 1. The zero-order valence-electron chi connectivity index (χ0n) is 11.2. The summed E-state index contributed by atoms with van der Waals surface area (Å²) in [5.41, 5.74) is 2.62. The second-order valence-electron chi connectivity index (χ2n) is 4.35. The summed E-state index contributed by atoms with van der Waals surface area (Å²) in [5, 5.41) is 5.75. The number of thiophene rings is 1. The first-order valence-electron chi connectivity index (χ1n) is 6.33. The predicted octanol–water partition coefficient (Wildman–Crippen LogP) is 4.41. The molecule has 0 bridgehead atoms. The Hall–Kier alpha value is -0.840. The summed E-state index contributed by atoms with van der Waals surface area (Å²) >= 11 is 5.26. The molecule has 19 heavy (non-hydrogen) atoms. The normalized spacial score (nSPS) is 12.4. The van der Waals surface area contributed by atoms with Crippen LogP contribution in [0.3, 0.4) is 0 Å². The molecule has 0 saturated heterocycles. The van der Waals surface area contributed by atoms with Gasteiger partial charge in [0.05, 0.1) is 10.9 Å². The van der Waals surface area contributed by atoms with Crippen LogP contribution in [0.15, 0.2) is 39.5 Å². The molecule has 102 valence electrons. The molecule has 2 nitrogen and oxygen atoms in total. The van der Waals surface area contributed by atoms with Crippen molar-refractivity contribution in [3.05, 3.63) is 50.6 Å². The highest BCUT2D eigenvalue weighted by atomic mass is 79.9. The van der Waals surface area contributed by atoms with Crippen molar-refractivity contribution < 1.29 is 4.74 Å². The van der Waals surface area contributed by atoms with Crippen molar-refractivity contribution in [1.82, 2.24) is 5.32 Å². The minimum Gasteiger partial charge on any atom is -0.497 e. The molecular formula is C15H18BrNOS. The van der Waals surface area contributed by atoms with Crippen molar-refractivity contribution in [1.29, 1.82) is 0 Å². The molecule has 0 saturated carbocycles. The third kappa shape index (κ3) is 4.06. The molecule has 1 atom stereocenters. The van der Waals surface area contributed by atoms with Crippen molar-refractivity contribution >= 4 is 27.3 Å². The highest BCUT2D eigenvalue weighted by Crippen LogP contribution is 2.28. The van der Waals surface area contributed by atoms with Crippen LogP contribution >= 0.6 is 27.3 Å². The predicted molar refractivity (Wildman–Crippen MR) is 85.1 cm³/mol. The molecule has 4 heteroatoms. The van der Waals surface area contributed by atoms with Crippen molar-refractivity contribution in [2.75, 3.05) is 13.7 Å². The molecule has 0 spiro atoms. The fourth-order valence-electron chi connectivity index (χ4n) is 2.10. The van der Waals surface area contributed by atoms with Gasteiger partial charge in [0.1, 0.15) is 5.75 Å². The standard InChI is InChI=1S/C15H18BrNOS/c1-3-17-14(12-9-15(16)19-10-12)8-11-5-4-6-13(7-11)18-2/h4-7,9-10,14,17H,3,8H2,1-2H3. The van der Waals surface area contributed by atoms with E-state index in [1.165, 1.54) is 14.9 Å². The maximum Gasteiger partial charge on any atom is 0.119 e. The van der Waals surface area contributed by atoms with Gasteiger partial charge in [-0.2, -0.15) is 0 Å². The number of methoxy groups -OCH3 is 1. The van der Waals surface area contributed by atoms with Gasteiger partial charge in [0, 0.05) is 6.04 Å². The Bertz CT molecular complexity index is 526. The maximum atomic E-state index is 5.28. The van der Waals surface area contributed by atoms with Crippen molar-refractivity contribution in [3.63, 3.8) is 0 Å². The lowest BCUT2D eigenvalue weighted by molar-refractivity contribution is 0.414. The molecule has 2 aromatic rings. The zero-order valence-corrected chi connectivity index (χ0v) is 13.6. The lowest BCUT2D eigenvalue weighted by Gasteiger charge is -2.17. The molecule has 0 radical (unpaired) electrons. The SMILES string of the molecule is CCNC(Cc1cccc(OC)c1)c1csc(Br)c1. The molecule has 0 fully saturated rings. The molecule has 0 aliphatic heterocycles. The van der Waals surface area contributed by atoms with Gasteiger partial charge in [-0.25, -0.2) is 0 Å². The zero-order chi connectivity index (χ0) is 13.7. The summed E-state index contributed by atoms with van der Waals surface area (Å²) in [4.78, 5) is 0. The van der Waals surface area contributed by atoms with E-state index >= 15 is 0 Å². The third-order valence-electron chi connectivity index (χ3n) is 3.01. The van der Waals surface area contributed by atoms with Crippen LogP contribution in [0.25, 0.3) is 0 Å². The monoisotopic (exact) mass is 339 g/mol. The van der Waals surface area contributed by atoms with E-state index in [4.69, 9.17) is 4.74 Å². The van der Waals surface area contributed by atoms with Gasteiger partial charge in [-0.1, -0.05) is 19.1 Å². The Balaban J connectivity index is 2.16. The van der Waals surface area contributed by atoms with E-state index in [2.05, 4.69) is 51.7 Å². The first-order valence-corrected chi connectivity index (χ1v) is 8.00. The highest BCUT2D eigenvalue weighted by Gasteiger charge is 2.13. The van der Waals surface area contributed by atoms with E-state index in [0.29, 0.717) is 6.04 Å². The van der Waals surface area contributed by atoms with Gasteiger partial charge in [-0.3, -0.25) is 0 Å². The van der Waals surface area contributed by atoms with Crippen LogP contribution in [0.4, 0.5) is 0 Å². The Labute approximate surface area is 126 Å². The number of nitrogens with one attached hydrogen (secondary N) is 1. The van der Waals surface area contributed by atoms with E-state index in [1.54, 1.807) is 18.4 Å². The third-order valence-corrected chi connectivity index (χ3v) is 4.54. The number of benzene rings is 1. The van der Waals surface area contributed by atoms with E-state index < -0.39 is 0 Å². The van der Waals surface area contributed by atoms with Crippen molar-refractivity contribution in [3.8, 4) is 5.75 Å². The van der Waals surface area contributed by atoms with E-state index in [1.807, 2.05) is 12.1 Å². The number of rotatable bonds is 6. The molecule has 1 N–H and O–H groups in total. The van der Waals surface area contributed by atoms with E-state index in [9.17, 15) is 0 Å². The van der Waals surface area contributed by atoms with Crippen LogP contribution in [0.5, 0.6) is 5.75 Å². The number of ether oxygens (including phenoxy) is 1. The van der Waals surface area contributed by atoms with Gasteiger partial charge in [-0.05, 0) is 63.6 Å². The van der Waals surface area contributed by atoms with E-state index in [-0.39, 0.29) is 0 Å². The van der Waals surface area contributed by atoms with Gasteiger partial charge in [0.15, 0.2) is 0 Å². The average molecular weight is 340 g/mol. The molecule has 1 aromatic carbocycles. The summed E-state index contributed by atoms with van der Waals surface area (Å²) in [6.45, 7) is 3.10. The first-order chi connectivity index (χ1) is 9.22. The number of hydrogen-bond acceptors (Lipinski definition) is 3. The molecule has 1 aromatic heterocycles. The summed E-state index contributed by atoms with van der Waals surface area (Å²) < 4.78 is 6.46. The fraction of sp³-hybridized carbons (Fsp3) is 0.333. The number of halogens is 1. The Morgan fingerprint density at radius 2 is 2.21 bits per heavy atom. The minimum atomic E-state index is 0.347. The largest absolute Gasteiger partial charge is 0.497 e. The molecule has 1 heterocycles. The van der Waals surface area contributed by atoms with Crippen LogP contribution in [0, 0.1) is 0 Å². The van der Waals surface area contributed by atoms with Crippen LogP contribution < -0.4 is 10.1 Å². The van der Waals surface area contributed by atoms with Crippen LogP contribution in [0.1, 0.15) is 24.1 Å². The molecule has 1 unspecified atom stereocenters. The minimum absolute atomic E-state index is 0.347. The molecule has 0 aliphatic carbocycles. The van der Waals surface area contributed by atoms with Gasteiger partial charge in [0.25, 0.3) is 0 Å². The summed E-state index contributed by atoms with van der Waals surface area (Å²) in [6, 6.07) is 10.8. The lowest BCUT2D eigenvalue weighted by Crippen LogP contribution is -2.22. The van der Waals surface area contributed by atoms with Gasteiger partial charge < -0.3 is 10.1 Å². The Kier molecular flexibility index (Phi) is 5.43. The fourth-order valence-corrected chi connectivity index (χ4v) is 3.33. The smallest absolute Gasteiger partial charge is 0.119 e. The lowest BCUT2D eigenvalue weighted by atomic mass is 10.0. The molecule has 2 rings (SSSR count). The summed E-state index contributed by atoms with van der Waals surface area (Å²) in [5.74, 6) is 0.916. The van der Waals surface area contributed by atoms with Crippen molar-refractivity contribution in [2.24, 2.45) is 0 Å². The Morgan fingerprint density at radius 3 is 2.84 bits per heavy atom. The average Bonchev–Trinajstić information content (AvgIpc) is 2.85. The van der Waals surface area contributed by atoms with Gasteiger partial charge in [0.2, 0.25) is 0 Å². The summed E-state index contributed by atoms with van der Waals surface area (Å²) in [6.07, 6.45) is 0.966. The molecule has 0 amide bonds. The topological polar surface area (TPSA) is 21.3 Å². The molecule has 0 aliphatic rings. The summed E-state index contributed by atoms with van der Waals surface area (Å²) in [7, 11) is 1.71. The quantitative estimate of drug-likeness (QED) is 0.841.